The maximum absolute atomic E-state index is 11.7. The van der Waals surface area contributed by atoms with Crippen molar-refractivity contribution in [3.8, 4) is 0 Å². The number of aromatic nitrogens is 2. The fourth-order valence-corrected chi connectivity index (χ4v) is 3.59. The van der Waals surface area contributed by atoms with E-state index in [-0.39, 0.29) is 5.91 Å². The second kappa shape index (κ2) is 8.90. The molecule has 0 aliphatic rings. The number of anilines is 1. The minimum Gasteiger partial charge on any atom is -0.301 e. The first-order chi connectivity index (χ1) is 10.7. The molecule has 0 radical (unpaired) electrons. The first kappa shape index (κ1) is 17.0. The fourth-order valence-electron chi connectivity index (χ4n) is 1.87. The van der Waals surface area contributed by atoms with Crippen LogP contribution in [-0.2, 0) is 10.5 Å². The predicted molar refractivity (Wildman–Crippen MR) is 93.4 cm³/mol. The van der Waals surface area contributed by atoms with E-state index in [4.69, 9.17) is 0 Å². The lowest BCUT2D eigenvalue weighted by molar-refractivity contribution is -0.116. The van der Waals surface area contributed by atoms with Gasteiger partial charge in [0.25, 0.3) is 0 Å². The van der Waals surface area contributed by atoms with Gasteiger partial charge in [0.15, 0.2) is 4.34 Å². The summed E-state index contributed by atoms with van der Waals surface area (Å²) in [4.78, 5) is 11.7. The Morgan fingerprint density at radius 3 is 2.73 bits per heavy atom. The molecule has 2 aromatic rings. The third kappa shape index (κ3) is 5.77. The average molecular weight is 335 g/mol. The van der Waals surface area contributed by atoms with Crippen LogP contribution in [-0.4, -0.2) is 16.1 Å². The lowest BCUT2D eigenvalue weighted by atomic mass is 10.2. The van der Waals surface area contributed by atoms with E-state index in [0.29, 0.717) is 11.6 Å². The van der Waals surface area contributed by atoms with Gasteiger partial charge in [0.1, 0.15) is 0 Å². The number of amides is 1. The highest BCUT2D eigenvalue weighted by Gasteiger charge is 2.08. The molecule has 0 aliphatic heterocycles. The van der Waals surface area contributed by atoms with Crippen LogP contribution in [0.4, 0.5) is 5.13 Å². The van der Waals surface area contributed by atoms with Crippen molar-refractivity contribution in [2.24, 2.45) is 0 Å². The number of carbonyl (C=O) groups is 1. The standard InChI is InChI=1S/C16H21N3OS2/c1-3-4-5-6-14(20)17-15-18-19-16(22-15)21-11-13-9-7-12(2)8-10-13/h7-10H,3-6,11H2,1-2H3,(H,17,18,20). The lowest BCUT2D eigenvalue weighted by Crippen LogP contribution is -2.10. The molecule has 0 unspecified atom stereocenters. The number of rotatable bonds is 8. The molecule has 1 aromatic heterocycles. The van der Waals surface area contributed by atoms with Crippen molar-refractivity contribution in [2.75, 3.05) is 5.32 Å². The van der Waals surface area contributed by atoms with Gasteiger partial charge in [-0.1, -0.05) is 72.7 Å². The maximum atomic E-state index is 11.7. The van der Waals surface area contributed by atoms with Gasteiger partial charge in [-0.25, -0.2) is 0 Å². The Balaban J connectivity index is 1.78. The highest BCUT2D eigenvalue weighted by Crippen LogP contribution is 2.28. The van der Waals surface area contributed by atoms with E-state index in [1.54, 1.807) is 11.8 Å². The largest absolute Gasteiger partial charge is 0.301 e. The highest BCUT2D eigenvalue weighted by molar-refractivity contribution is 8.00. The van der Waals surface area contributed by atoms with Crippen LogP contribution in [0.15, 0.2) is 28.6 Å². The summed E-state index contributed by atoms with van der Waals surface area (Å²) in [6.07, 6.45) is 3.68. The van der Waals surface area contributed by atoms with Crippen LogP contribution in [0.5, 0.6) is 0 Å². The minimum atomic E-state index is 0.0275. The second-order valence-electron chi connectivity index (χ2n) is 5.15. The predicted octanol–water partition coefficient (Wildman–Crippen LogP) is 4.66. The van der Waals surface area contributed by atoms with Gasteiger partial charge in [-0.3, -0.25) is 4.79 Å². The van der Waals surface area contributed by atoms with E-state index >= 15 is 0 Å². The van der Waals surface area contributed by atoms with E-state index in [1.807, 2.05) is 0 Å². The van der Waals surface area contributed by atoms with Crippen molar-refractivity contribution in [1.82, 2.24) is 10.2 Å². The third-order valence-electron chi connectivity index (χ3n) is 3.14. The Morgan fingerprint density at radius 2 is 2.00 bits per heavy atom. The molecular weight excluding hydrogens is 314 g/mol. The number of hydrogen-bond donors (Lipinski definition) is 1. The van der Waals surface area contributed by atoms with Gasteiger partial charge in [0.05, 0.1) is 0 Å². The van der Waals surface area contributed by atoms with Crippen molar-refractivity contribution in [1.29, 1.82) is 0 Å². The van der Waals surface area contributed by atoms with Gasteiger partial charge < -0.3 is 5.32 Å². The summed E-state index contributed by atoms with van der Waals surface area (Å²) < 4.78 is 0.879. The summed E-state index contributed by atoms with van der Waals surface area (Å²) >= 11 is 3.07. The van der Waals surface area contributed by atoms with E-state index in [0.717, 1.165) is 29.4 Å². The number of hydrogen-bond acceptors (Lipinski definition) is 5. The molecule has 4 nitrogen and oxygen atoms in total. The summed E-state index contributed by atoms with van der Waals surface area (Å²) in [7, 11) is 0. The average Bonchev–Trinajstić information content (AvgIpc) is 2.94. The maximum Gasteiger partial charge on any atom is 0.226 e. The van der Waals surface area contributed by atoms with Crippen molar-refractivity contribution in [3.05, 3.63) is 35.4 Å². The van der Waals surface area contributed by atoms with Gasteiger partial charge >= 0.3 is 0 Å². The number of thioether (sulfide) groups is 1. The molecule has 1 amide bonds. The Hall–Kier alpha value is -1.40. The molecule has 0 bridgehead atoms. The number of aryl methyl sites for hydroxylation is 1. The zero-order chi connectivity index (χ0) is 15.8. The van der Waals surface area contributed by atoms with Crippen LogP contribution in [0.25, 0.3) is 0 Å². The first-order valence-corrected chi connectivity index (χ1v) is 9.29. The Kier molecular flexibility index (Phi) is 6.86. The summed E-state index contributed by atoms with van der Waals surface area (Å²) in [6.45, 7) is 4.21. The highest BCUT2D eigenvalue weighted by atomic mass is 32.2. The lowest BCUT2D eigenvalue weighted by Gasteiger charge is -2.00. The zero-order valence-corrected chi connectivity index (χ0v) is 14.6. The van der Waals surface area contributed by atoms with Gasteiger partial charge in [0, 0.05) is 12.2 Å². The summed E-state index contributed by atoms with van der Waals surface area (Å²) in [6, 6.07) is 8.47. The molecule has 2 rings (SSSR count). The van der Waals surface area contributed by atoms with Crippen molar-refractivity contribution < 1.29 is 4.79 Å². The molecule has 0 saturated heterocycles. The number of nitrogens with zero attached hydrogens (tertiary/aromatic N) is 2. The molecule has 0 spiro atoms. The third-order valence-corrected chi connectivity index (χ3v) is 5.19. The number of carbonyl (C=O) groups excluding carboxylic acids is 1. The van der Waals surface area contributed by atoms with E-state index in [9.17, 15) is 4.79 Å². The smallest absolute Gasteiger partial charge is 0.226 e. The molecule has 1 heterocycles. The molecule has 0 saturated carbocycles. The number of benzene rings is 1. The summed E-state index contributed by atoms with van der Waals surface area (Å²) in [5.41, 5.74) is 2.52. The Labute approximate surface area is 139 Å². The summed E-state index contributed by atoms with van der Waals surface area (Å²) in [5, 5.41) is 11.6. The molecular formula is C16H21N3OS2. The van der Waals surface area contributed by atoms with Crippen molar-refractivity contribution in [2.45, 2.75) is 49.6 Å². The van der Waals surface area contributed by atoms with E-state index in [2.05, 4.69) is 53.6 Å². The van der Waals surface area contributed by atoms with Crippen LogP contribution >= 0.6 is 23.1 Å². The van der Waals surface area contributed by atoms with Crippen LogP contribution in [0.3, 0.4) is 0 Å². The monoisotopic (exact) mass is 335 g/mol. The van der Waals surface area contributed by atoms with Gasteiger partial charge in [0.2, 0.25) is 11.0 Å². The van der Waals surface area contributed by atoms with Gasteiger partial charge in [-0.05, 0) is 18.9 Å². The second-order valence-corrected chi connectivity index (χ2v) is 7.35. The van der Waals surface area contributed by atoms with Gasteiger partial charge in [-0.15, -0.1) is 10.2 Å². The molecule has 1 aromatic carbocycles. The molecule has 22 heavy (non-hydrogen) atoms. The van der Waals surface area contributed by atoms with E-state index in [1.165, 1.54) is 22.5 Å². The van der Waals surface area contributed by atoms with Crippen LogP contribution < -0.4 is 5.32 Å². The van der Waals surface area contributed by atoms with Crippen LogP contribution in [0.1, 0.15) is 43.7 Å². The zero-order valence-electron chi connectivity index (χ0n) is 13.0. The fraction of sp³-hybridized carbons (Fsp3) is 0.438. The SMILES string of the molecule is CCCCCC(=O)Nc1nnc(SCc2ccc(C)cc2)s1. The first-order valence-electron chi connectivity index (χ1n) is 7.49. The number of nitrogens with one attached hydrogen (secondary N) is 1. The quantitative estimate of drug-likeness (QED) is 0.433. The van der Waals surface area contributed by atoms with Crippen molar-refractivity contribution in [3.63, 3.8) is 0 Å². The topological polar surface area (TPSA) is 54.9 Å². The van der Waals surface area contributed by atoms with Gasteiger partial charge in [-0.2, -0.15) is 0 Å². The Morgan fingerprint density at radius 1 is 1.23 bits per heavy atom. The molecule has 118 valence electrons. The Bertz CT molecular complexity index is 596. The molecule has 6 heteroatoms. The molecule has 0 atom stereocenters. The number of unbranched alkanes of at least 4 members (excludes halogenated alkanes) is 2. The minimum absolute atomic E-state index is 0.0275. The molecule has 0 aliphatic carbocycles. The van der Waals surface area contributed by atoms with Crippen LogP contribution in [0.2, 0.25) is 0 Å². The molecule has 0 fully saturated rings. The van der Waals surface area contributed by atoms with Crippen molar-refractivity contribution >= 4 is 34.1 Å². The van der Waals surface area contributed by atoms with Crippen LogP contribution in [0, 0.1) is 6.92 Å². The summed E-state index contributed by atoms with van der Waals surface area (Å²) in [5.74, 6) is 0.888. The molecule has 1 N–H and O–H groups in total. The normalized spacial score (nSPS) is 10.6. The van der Waals surface area contributed by atoms with E-state index < -0.39 is 0 Å².